The maximum Gasteiger partial charge on any atom is 0.408 e. The van der Waals surface area contributed by atoms with E-state index >= 15 is 0 Å². The van der Waals surface area contributed by atoms with E-state index in [-0.39, 0.29) is 11.6 Å². The number of carbonyl (C=O) groups excluding carboxylic acids is 1. The topological polar surface area (TPSA) is 62.4 Å². The van der Waals surface area contributed by atoms with Gasteiger partial charge in [0.25, 0.3) is 0 Å². The van der Waals surface area contributed by atoms with Gasteiger partial charge < -0.3 is 20.7 Å². The minimum atomic E-state index is -0.459. The van der Waals surface area contributed by atoms with Crippen molar-refractivity contribution in [2.24, 2.45) is 0 Å². The van der Waals surface area contributed by atoms with Crippen molar-refractivity contribution in [1.82, 2.24) is 16.0 Å². The van der Waals surface area contributed by atoms with Gasteiger partial charge in [-0.2, -0.15) is 0 Å². The third-order valence-electron chi connectivity index (χ3n) is 4.19. The Morgan fingerprint density at radius 1 is 1.19 bits per heavy atom. The van der Waals surface area contributed by atoms with Crippen LogP contribution >= 0.6 is 0 Å². The van der Waals surface area contributed by atoms with Crippen molar-refractivity contribution in [3.05, 3.63) is 0 Å². The number of hydrogen-bond acceptors (Lipinski definition) is 4. The number of nitrogens with one attached hydrogen (secondary N) is 3. The van der Waals surface area contributed by atoms with Crippen molar-refractivity contribution in [2.45, 2.75) is 77.5 Å². The molecular weight excluding hydrogens is 266 g/mol. The minimum absolute atomic E-state index is 0.229. The van der Waals surface area contributed by atoms with Gasteiger partial charge in [0.15, 0.2) is 0 Å². The van der Waals surface area contributed by atoms with Crippen LogP contribution in [0.2, 0.25) is 0 Å². The van der Waals surface area contributed by atoms with Crippen LogP contribution in [0.5, 0.6) is 0 Å². The Balaban J connectivity index is 2.53. The van der Waals surface area contributed by atoms with Crippen molar-refractivity contribution in [1.29, 1.82) is 0 Å². The number of carbonyl (C=O) groups is 1. The number of amides is 1. The number of rotatable bonds is 6. The predicted molar refractivity (Wildman–Crippen MR) is 86.6 cm³/mol. The Morgan fingerprint density at radius 2 is 1.76 bits per heavy atom. The summed E-state index contributed by atoms with van der Waals surface area (Å²) in [5.41, 5.74) is -0.688. The summed E-state index contributed by atoms with van der Waals surface area (Å²) in [5.74, 6) is 0. The normalized spacial score (nSPS) is 17.6. The van der Waals surface area contributed by atoms with Crippen LogP contribution < -0.4 is 16.0 Å². The Hall–Kier alpha value is -0.810. The highest BCUT2D eigenvalue weighted by atomic mass is 16.6. The molecule has 1 rings (SSSR count). The van der Waals surface area contributed by atoms with Crippen LogP contribution in [0.25, 0.3) is 0 Å². The molecule has 0 unspecified atom stereocenters. The van der Waals surface area contributed by atoms with E-state index in [9.17, 15) is 4.79 Å². The zero-order valence-electron chi connectivity index (χ0n) is 14.3. The molecule has 0 atom stereocenters. The number of ether oxygens (including phenoxy) is 1. The van der Waals surface area contributed by atoms with E-state index in [1.165, 1.54) is 0 Å². The average molecular weight is 299 g/mol. The van der Waals surface area contributed by atoms with E-state index < -0.39 is 5.60 Å². The zero-order valence-corrected chi connectivity index (χ0v) is 14.3. The summed E-state index contributed by atoms with van der Waals surface area (Å²) in [7, 11) is 0. The second-order valence-corrected chi connectivity index (χ2v) is 7.02. The van der Waals surface area contributed by atoms with Gasteiger partial charge in [-0.05, 0) is 59.5 Å². The SMILES string of the molecule is CCC(CC)(CNC1CCNCC1)NC(=O)OC(C)(C)C. The lowest BCUT2D eigenvalue weighted by Crippen LogP contribution is -2.57. The monoisotopic (exact) mass is 299 g/mol. The maximum absolute atomic E-state index is 12.1. The predicted octanol–water partition coefficient (Wildman–Crippen LogP) is 2.41. The molecule has 1 aliphatic rings. The third-order valence-corrected chi connectivity index (χ3v) is 4.19. The first-order chi connectivity index (χ1) is 9.80. The molecule has 3 N–H and O–H groups in total. The van der Waals surface area contributed by atoms with E-state index in [0.29, 0.717) is 6.04 Å². The Bertz CT molecular complexity index is 316. The molecule has 124 valence electrons. The summed E-state index contributed by atoms with van der Waals surface area (Å²) < 4.78 is 5.40. The summed E-state index contributed by atoms with van der Waals surface area (Å²) in [5, 5.41) is 10.1. The van der Waals surface area contributed by atoms with Crippen LogP contribution in [0.4, 0.5) is 4.79 Å². The fraction of sp³-hybridized carbons (Fsp3) is 0.938. The van der Waals surface area contributed by atoms with Crippen molar-refractivity contribution in [3.63, 3.8) is 0 Å². The van der Waals surface area contributed by atoms with Crippen molar-refractivity contribution < 1.29 is 9.53 Å². The van der Waals surface area contributed by atoms with E-state index in [4.69, 9.17) is 4.74 Å². The summed E-state index contributed by atoms with van der Waals surface area (Å²) in [6.07, 6.45) is 3.76. The number of alkyl carbamates (subject to hydrolysis) is 1. The van der Waals surface area contributed by atoms with Gasteiger partial charge in [0.05, 0.1) is 5.54 Å². The highest BCUT2D eigenvalue weighted by Crippen LogP contribution is 2.17. The molecule has 0 bridgehead atoms. The van der Waals surface area contributed by atoms with Gasteiger partial charge in [-0.15, -0.1) is 0 Å². The molecule has 0 radical (unpaired) electrons. The lowest BCUT2D eigenvalue weighted by Gasteiger charge is -2.36. The lowest BCUT2D eigenvalue weighted by molar-refractivity contribution is 0.0443. The van der Waals surface area contributed by atoms with Crippen LogP contribution in [-0.4, -0.2) is 42.9 Å². The second kappa shape index (κ2) is 7.99. The molecule has 0 aromatic carbocycles. The van der Waals surface area contributed by atoms with Crippen LogP contribution in [0.15, 0.2) is 0 Å². The Labute approximate surface area is 129 Å². The smallest absolute Gasteiger partial charge is 0.408 e. The van der Waals surface area contributed by atoms with Gasteiger partial charge in [0, 0.05) is 12.6 Å². The van der Waals surface area contributed by atoms with Crippen LogP contribution in [0.3, 0.4) is 0 Å². The highest BCUT2D eigenvalue weighted by Gasteiger charge is 2.31. The molecule has 1 amide bonds. The molecular formula is C16H33N3O2. The van der Waals surface area contributed by atoms with Gasteiger partial charge in [-0.3, -0.25) is 0 Å². The summed E-state index contributed by atoms with van der Waals surface area (Å²) in [6, 6.07) is 0.546. The molecule has 21 heavy (non-hydrogen) atoms. The molecule has 5 heteroatoms. The molecule has 0 aromatic rings. The largest absolute Gasteiger partial charge is 0.444 e. The van der Waals surface area contributed by atoms with Crippen molar-refractivity contribution in [3.8, 4) is 0 Å². The standard InChI is InChI=1S/C16H33N3O2/c1-6-16(7-2,19-14(20)21-15(3,4)5)12-18-13-8-10-17-11-9-13/h13,17-18H,6-12H2,1-5H3,(H,19,20). The van der Waals surface area contributed by atoms with E-state index in [1.807, 2.05) is 20.8 Å². The summed E-state index contributed by atoms with van der Waals surface area (Å²) in [6.45, 7) is 12.8. The first kappa shape index (κ1) is 18.2. The molecule has 5 nitrogen and oxygen atoms in total. The van der Waals surface area contributed by atoms with Gasteiger partial charge in [-0.25, -0.2) is 4.79 Å². The minimum Gasteiger partial charge on any atom is -0.444 e. The van der Waals surface area contributed by atoms with Gasteiger partial charge in [0.1, 0.15) is 5.60 Å². The number of hydrogen-bond donors (Lipinski definition) is 3. The van der Waals surface area contributed by atoms with E-state index in [2.05, 4.69) is 29.8 Å². The molecule has 1 aliphatic heterocycles. The summed E-state index contributed by atoms with van der Waals surface area (Å²) in [4.78, 5) is 12.1. The van der Waals surface area contributed by atoms with Crippen LogP contribution in [-0.2, 0) is 4.74 Å². The first-order valence-electron chi connectivity index (χ1n) is 8.25. The van der Waals surface area contributed by atoms with Crippen molar-refractivity contribution >= 4 is 6.09 Å². The molecule has 0 aromatic heterocycles. The fourth-order valence-corrected chi connectivity index (χ4v) is 2.61. The van der Waals surface area contributed by atoms with E-state index in [0.717, 1.165) is 45.3 Å². The van der Waals surface area contributed by atoms with Crippen LogP contribution in [0, 0.1) is 0 Å². The Morgan fingerprint density at radius 3 is 2.24 bits per heavy atom. The zero-order chi connectivity index (χ0) is 15.9. The Kier molecular flexibility index (Phi) is 6.94. The molecule has 0 saturated carbocycles. The van der Waals surface area contributed by atoms with Crippen molar-refractivity contribution in [2.75, 3.05) is 19.6 Å². The maximum atomic E-state index is 12.1. The first-order valence-corrected chi connectivity index (χ1v) is 8.25. The van der Waals surface area contributed by atoms with Gasteiger partial charge in [-0.1, -0.05) is 13.8 Å². The fourth-order valence-electron chi connectivity index (χ4n) is 2.61. The molecule has 0 spiro atoms. The lowest BCUT2D eigenvalue weighted by atomic mass is 9.92. The summed E-state index contributed by atoms with van der Waals surface area (Å²) >= 11 is 0. The van der Waals surface area contributed by atoms with E-state index in [1.54, 1.807) is 0 Å². The average Bonchev–Trinajstić information content (AvgIpc) is 2.43. The quantitative estimate of drug-likeness (QED) is 0.705. The highest BCUT2D eigenvalue weighted by molar-refractivity contribution is 5.68. The van der Waals surface area contributed by atoms with Gasteiger partial charge >= 0.3 is 6.09 Å². The molecule has 1 saturated heterocycles. The second-order valence-electron chi connectivity index (χ2n) is 7.02. The van der Waals surface area contributed by atoms with Crippen LogP contribution in [0.1, 0.15) is 60.3 Å². The van der Waals surface area contributed by atoms with Gasteiger partial charge in [0.2, 0.25) is 0 Å². The molecule has 1 heterocycles. The number of piperidine rings is 1. The molecule has 1 fully saturated rings. The molecule has 0 aliphatic carbocycles. The third kappa shape index (κ3) is 6.66.